The molecule has 5 rings (SSSR count). The van der Waals surface area contributed by atoms with Crippen LogP contribution in [-0.4, -0.2) is 38.4 Å². The summed E-state index contributed by atoms with van der Waals surface area (Å²) in [6.45, 7) is 2.28. The molecule has 0 bridgehead atoms. The molecule has 2 aromatic rings. The Kier molecular flexibility index (Phi) is 3.99. The molecule has 2 N–H and O–H groups in total. The quantitative estimate of drug-likeness (QED) is 0.850. The summed E-state index contributed by atoms with van der Waals surface area (Å²) in [5.74, 6) is 0.695. The van der Waals surface area contributed by atoms with Crippen LogP contribution in [0.4, 0.5) is 25.0 Å². The van der Waals surface area contributed by atoms with E-state index in [0.717, 1.165) is 6.07 Å². The van der Waals surface area contributed by atoms with Gasteiger partial charge in [-0.2, -0.15) is 0 Å². The Balaban J connectivity index is 1.16. The van der Waals surface area contributed by atoms with Gasteiger partial charge in [0.15, 0.2) is 11.5 Å². The Bertz CT molecular complexity index is 927. The van der Waals surface area contributed by atoms with Crippen LogP contribution in [0.15, 0.2) is 36.4 Å². The Labute approximate surface area is 160 Å². The number of benzene rings is 2. The average Bonchev–Trinajstić information content (AvgIpc) is 3.10. The first kappa shape index (κ1) is 17.1. The monoisotopic (exact) mass is 387 g/mol. The molecule has 1 saturated carbocycles. The van der Waals surface area contributed by atoms with Crippen molar-refractivity contribution < 1.29 is 23.0 Å². The van der Waals surface area contributed by atoms with Gasteiger partial charge in [-0.05, 0) is 24.3 Å². The fourth-order valence-electron chi connectivity index (χ4n) is 4.11. The normalized spacial score (nSPS) is 24.5. The second-order valence-corrected chi connectivity index (χ2v) is 7.31. The Morgan fingerprint density at radius 1 is 1.00 bits per heavy atom. The van der Waals surface area contributed by atoms with Crippen LogP contribution in [0.3, 0.4) is 0 Å². The van der Waals surface area contributed by atoms with Gasteiger partial charge in [0.05, 0.1) is 5.69 Å². The van der Waals surface area contributed by atoms with Crippen molar-refractivity contribution in [2.45, 2.75) is 6.04 Å². The second-order valence-electron chi connectivity index (χ2n) is 7.31. The SMILES string of the molecule is O=C(Nc1ccc2c(c1)OCCO2)NC1C2CN(c3ccc(F)cc3F)CC21. The number of carbonyl (C=O) groups is 1. The number of hydrogen-bond donors (Lipinski definition) is 2. The van der Waals surface area contributed by atoms with Crippen molar-refractivity contribution in [3.63, 3.8) is 0 Å². The molecule has 28 heavy (non-hydrogen) atoms. The molecule has 1 saturated heterocycles. The topological polar surface area (TPSA) is 62.8 Å². The van der Waals surface area contributed by atoms with Crippen molar-refractivity contribution in [2.75, 3.05) is 36.5 Å². The van der Waals surface area contributed by atoms with E-state index in [2.05, 4.69) is 10.6 Å². The summed E-state index contributed by atoms with van der Waals surface area (Å²) >= 11 is 0. The van der Waals surface area contributed by atoms with E-state index in [1.165, 1.54) is 12.1 Å². The Morgan fingerprint density at radius 3 is 2.50 bits per heavy atom. The number of nitrogens with one attached hydrogen (secondary N) is 2. The van der Waals surface area contributed by atoms with E-state index in [4.69, 9.17) is 9.47 Å². The summed E-state index contributed by atoms with van der Waals surface area (Å²) in [6, 6.07) is 8.68. The van der Waals surface area contributed by atoms with Crippen molar-refractivity contribution in [2.24, 2.45) is 11.8 Å². The number of amides is 2. The molecule has 6 nitrogen and oxygen atoms in total. The number of piperidine rings is 1. The molecular weight excluding hydrogens is 368 g/mol. The minimum absolute atomic E-state index is 0.0666. The van der Waals surface area contributed by atoms with Gasteiger partial charge in [-0.3, -0.25) is 0 Å². The van der Waals surface area contributed by atoms with E-state index in [1.807, 2.05) is 4.90 Å². The van der Waals surface area contributed by atoms with Crippen molar-refractivity contribution in [3.8, 4) is 11.5 Å². The highest BCUT2D eigenvalue weighted by Crippen LogP contribution is 2.47. The maximum atomic E-state index is 13.9. The van der Waals surface area contributed by atoms with Gasteiger partial charge in [-0.25, -0.2) is 13.6 Å². The predicted molar refractivity (Wildman–Crippen MR) is 98.9 cm³/mol. The van der Waals surface area contributed by atoms with Crippen LogP contribution in [0, 0.1) is 23.5 Å². The van der Waals surface area contributed by atoms with Crippen molar-refractivity contribution >= 4 is 17.4 Å². The van der Waals surface area contributed by atoms with E-state index in [-0.39, 0.29) is 23.9 Å². The standard InChI is InChI=1S/C20H19F2N3O3/c21-11-1-3-16(15(22)7-11)25-9-13-14(10-25)19(13)24-20(26)23-12-2-4-17-18(8-12)28-6-5-27-17/h1-4,7-8,13-14,19H,5-6,9-10H2,(H2,23,24,26). The van der Waals surface area contributed by atoms with Crippen LogP contribution in [-0.2, 0) is 0 Å². The van der Waals surface area contributed by atoms with Gasteiger partial charge in [-0.1, -0.05) is 0 Å². The van der Waals surface area contributed by atoms with Gasteiger partial charge in [0.25, 0.3) is 0 Å². The first-order chi connectivity index (χ1) is 13.6. The molecule has 0 radical (unpaired) electrons. The smallest absolute Gasteiger partial charge is 0.319 e. The third kappa shape index (κ3) is 3.08. The first-order valence-electron chi connectivity index (χ1n) is 9.25. The third-order valence-corrected chi connectivity index (χ3v) is 5.54. The number of ether oxygens (including phenoxy) is 2. The van der Waals surface area contributed by atoms with Gasteiger partial charge in [0.2, 0.25) is 0 Å². The molecule has 2 heterocycles. The number of urea groups is 1. The van der Waals surface area contributed by atoms with Crippen LogP contribution < -0.4 is 25.0 Å². The summed E-state index contributed by atoms with van der Waals surface area (Å²) < 4.78 is 38.0. The lowest BCUT2D eigenvalue weighted by Crippen LogP contribution is -2.37. The summed E-state index contributed by atoms with van der Waals surface area (Å²) in [7, 11) is 0. The first-order valence-corrected chi connectivity index (χ1v) is 9.25. The number of nitrogens with zero attached hydrogens (tertiary/aromatic N) is 1. The zero-order valence-corrected chi connectivity index (χ0v) is 15.0. The average molecular weight is 387 g/mol. The number of rotatable bonds is 3. The molecule has 3 aliphatic rings. The molecule has 2 unspecified atom stereocenters. The van der Waals surface area contributed by atoms with E-state index < -0.39 is 11.6 Å². The third-order valence-electron chi connectivity index (χ3n) is 5.54. The lowest BCUT2D eigenvalue weighted by atomic mass is 10.2. The predicted octanol–water partition coefficient (Wildman–Crippen LogP) is 2.99. The summed E-state index contributed by atoms with van der Waals surface area (Å²) in [5.41, 5.74) is 1.04. The van der Waals surface area contributed by atoms with E-state index in [9.17, 15) is 13.6 Å². The molecule has 8 heteroatoms. The van der Waals surface area contributed by atoms with Gasteiger partial charge >= 0.3 is 6.03 Å². The molecule has 1 aliphatic carbocycles. The van der Waals surface area contributed by atoms with Crippen LogP contribution in [0.2, 0.25) is 0 Å². The van der Waals surface area contributed by atoms with Crippen molar-refractivity contribution in [1.82, 2.24) is 5.32 Å². The maximum Gasteiger partial charge on any atom is 0.319 e. The summed E-state index contributed by atoms with van der Waals surface area (Å²) in [5, 5.41) is 5.79. The lowest BCUT2D eigenvalue weighted by Gasteiger charge is -2.23. The number of halogens is 2. The number of hydrogen-bond acceptors (Lipinski definition) is 4. The molecule has 2 aromatic carbocycles. The molecule has 2 amide bonds. The van der Waals surface area contributed by atoms with E-state index in [1.54, 1.807) is 18.2 Å². The zero-order chi connectivity index (χ0) is 19.3. The van der Waals surface area contributed by atoms with E-state index in [0.29, 0.717) is 49.2 Å². The number of fused-ring (bicyclic) bond motifs is 2. The summed E-state index contributed by atoms with van der Waals surface area (Å²) in [6.07, 6.45) is 0. The fraction of sp³-hybridized carbons (Fsp3) is 0.350. The molecule has 2 atom stereocenters. The van der Waals surface area contributed by atoms with Crippen LogP contribution >= 0.6 is 0 Å². The highest BCUT2D eigenvalue weighted by atomic mass is 19.1. The Morgan fingerprint density at radius 2 is 1.75 bits per heavy atom. The van der Waals surface area contributed by atoms with Gasteiger partial charge in [0.1, 0.15) is 24.8 Å². The molecule has 146 valence electrons. The minimum atomic E-state index is -0.582. The lowest BCUT2D eigenvalue weighted by molar-refractivity contribution is 0.171. The largest absolute Gasteiger partial charge is 0.486 e. The number of anilines is 2. The number of carbonyl (C=O) groups excluding carboxylic acids is 1. The molecule has 2 fully saturated rings. The highest BCUT2D eigenvalue weighted by molar-refractivity contribution is 5.90. The second kappa shape index (κ2) is 6.54. The molecule has 2 aliphatic heterocycles. The van der Waals surface area contributed by atoms with Crippen LogP contribution in [0.1, 0.15) is 0 Å². The van der Waals surface area contributed by atoms with Gasteiger partial charge in [-0.15, -0.1) is 0 Å². The highest BCUT2D eigenvalue weighted by Gasteiger charge is 2.56. The molecular formula is C20H19F2N3O3. The molecule has 0 spiro atoms. The fourth-order valence-corrected chi connectivity index (χ4v) is 4.11. The summed E-state index contributed by atoms with van der Waals surface area (Å²) in [4.78, 5) is 14.2. The minimum Gasteiger partial charge on any atom is -0.486 e. The van der Waals surface area contributed by atoms with Gasteiger partial charge in [0, 0.05) is 48.8 Å². The van der Waals surface area contributed by atoms with Crippen LogP contribution in [0.5, 0.6) is 11.5 Å². The Hall–Kier alpha value is -3.03. The van der Waals surface area contributed by atoms with Crippen LogP contribution in [0.25, 0.3) is 0 Å². The van der Waals surface area contributed by atoms with Gasteiger partial charge < -0.3 is 25.0 Å². The van der Waals surface area contributed by atoms with Crippen molar-refractivity contribution in [1.29, 1.82) is 0 Å². The molecule has 0 aromatic heterocycles. The maximum absolute atomic E-state index is 13.9. The zero-order valence-electron chi connectivity index (χ0n) is 15.0. The van der Waals surface area contributed by atoms with Crippen molar-refractivity contribution in [3.05, 3.63) is 48.0 Å². The van der Waals surface area contributed by atoms with E-state index >= 15 is 0 Å².